The molecule has 0 atom stereocenters. The van der Waals surface area contributed by atoms with Crippen molar-refractivity contribution in [3.8, 4) is 0 Å². The van der Waals surface area contributed by atoms with Crippen molar-refractivity contribution in [2.75, 3.05) is 0 Å². The zero-order valence-corrected chi connectivity index (χ0v) is 16.9. The Kier molecular flexibility index (Phi) is 4.50. The number of benzene rings is 3. The van der Waals surface area contributed by atoms with E-state index in [1.807, 2.05) is 36.4 Å². The molecule has 5 nitrogen and oxygen atoms in total. The van der Waals surface area contributed by atoms with E-state index in [9.17, 15) is 0 Å². The molecule has 5 aromatic rings. The van der Waals surface area contributed by atoms with Gasteiger partial charge in [0.1, 0.15) is 0 Å². The molecule has 7 heteroatoms. The van der Waals surface area contributed by atoms with Gasteiger partial charge in [-0.25, -0.2) is 0 Å². The van der Waals surface area contributed by atoms with Gasteiger partial charge in [-0.3, -0.25) is 5.10 Å². The number of nitrogens with zero attached hydrogens (tertiary/aromatic N) is 4. The first-order valence-corrected chi connectivity index (χ1v) is 9.92. The lowest BCUT2D eigenvalue weighted by atomic mass is 10.2. The SMILES string of the molecule is S=c1[nH]nc(Cn2c3ccccc3c3ccccc32)n1/N=C/c1ccccc1Cl. The van der Waals surface area contributed by atoms with Crippen molar-refractivity contribution in [2.45, 2.75) is 6.54 Å². The van der Waals surface area contributed by atoms with Crippen LogP contribution in [0, 0.1) is 4.77 Å². The summed E-state index contributed by atoms with van der Waals surface area (Å²) in [5.74, 6) is 0.713. The molecule has 0 radical (unpaired) electrons. The molecule has 0 saturated carbocycles. The Balaban J connectivity index is 1.61. The third-order valence-corrected chi connectivity index (χ3v) is 5.52. The van der Waals surface area contributed by atoms with E-state index in [-0.39, 0.29) is 0 Å². The predicted molar refractivity (Wildman–Crippen MR) is 120 cm³/mol. The predicted octanol–water partition coefficient (Wildman–Crippen LogP) is 5.63. The third kappa shape index (κ3) is 3.16. The van der Waals surface area contributed by atoms with E-state index >= 15 is 0 Å². The van der Waals surface area contributed by atoms with Crippen molar-refractivity contribution < 1.29 is 0 Å². The van der Waals surface area contributed by atoms with Crippen LogP contribution in [0.3, 0.4) is 0 Å². The van der Waals surface area contributed by atoms with Gasteiger partial charge in [0, 0.05) is 32.4 Å². The average Bonchev–Trinajstić information content (AvgIpc) is 3.26. The fourth-order valence-corrected chi connectivity index (χ4v) is 3.94. The van der Waals surface area contributed by atoms with Gasteiger partial charge in [0.25, 0.3) is 0 Å². The normalized spacial score (nSPS) is 11.8. The standard InChI is InChI=1S/C22H16ClN5S/c23-18-10-4-1-7-15(18)13-24-28-21(25-26-22(28)29)14-27-19-11-5-2-8-16(19)17-9-3-6-12-20(17)27/h1-13H,14H2,(H,26,29)/b24-13+. The maximum absolute atomic E-state index is 6.24. The molecule has 0 spiro atoms. The molecule has 2 heterocycles. The Hall–Kier alpha value is -3.22. The van der Waals surface area contributed by atoms with Crippen LogP contribution in [0.4, 0.5) is 0 Å². The first kappa shape index (κ1) is 17.8. The third-order valence-electron chi connectivity index (χ3n) is 4.91. The molecule has 0 aliphatic heterocycles. The summed E-state index contributed by atoms with van der Waals surface area (Å²) in [7, 11) is 0. The van der Waals surface area contributed by atoms with Crippen molar-refractivity contribution in [3.63, 3.8) is 0 Å². The fraction of sp³-hybridized carbons (Fsp3) is 0.0455. The Bertz CT molecular complexity index is 1370. The molecule has 0 unspecified atom stereocenters. The van der Waals surface area contributed by atoms with Crippen molar-refractivity contribution in [2.24, 2.45) is 5.10 Å². The highest BCUT2D eigenvalue weighted by atomic mass is 35.5. The van der Waals surface area contributed by atoms with Gasteiger partial charge >= 0.3 is 0 Å². The van der Waals surface area contributed by atoms with Crippen LogP contribution in [-0.2, 0) is 6.54 Å². The average molecular weight is 418 g/mol. The van der Waals surface area contributed by atoms with E-state index in [1.54, 1.807) is 10.9 Å². The van der Waals surface area contributed by atoms with Crippen LogP contribution in [-0.4, -0.2) is 25.7 Å². The summed E-state index contributed by atoms with van der Waals surface area (Å²) in [6.45, 7) is 0.529. The molecule has 0 aliphatic rings. The number of fused-ring (bicyclic) bond motifs is 3. The van der Waals surface area contributed by atoms with Gasteiger partial charge in [0.2, 0.25) is 4.77 Å². The molecule has 0 saturated heterocycles. The zero-order valence-electron chi connectivity index (χ0n) is 15.3. The highest BCUT2D eigenvalue weighted by Crippen LogP contribution is 2.29. The van der Waals surface area contributed by atoms with Crippen LogP contribution in [0.25, 0.3) is 21.8 Å². The number of aromatic amines is 1. The Morgan fingerprint density at radius 1 is 0.931 bits per heavy atom. The number of para-hydroxylation sites is 2. The largest absolute Gasteiger partial charge is 0.333 e. The van der Waals surface area contributed by atoms with Crippen molar-refractivity contribution in [3.05, 3.63) is 94.0 Å². The Labute approximate surface area is 176 Å². The van der Waals surface area contributed by atoms with Gasteiger partial charge < -0.3 is 4.57 Å². The summed E-state index contributed by atoms with van der Waals surface area (Å²) in [5.41, 5.74) is 3.11. The van der Waals surface area contributed by atoms with Crippen LogP contribution in [0.5, 0.6) is 0 Å². The summed E-state index contributed by atoms with van der Waals surface area (Å²) in [6, 6.07) is 24.3. The summed E-state index contributed by atoms with van der Waals surface area (Å²) >= 11 is 11.6. The van der Waals surface area contributed by atoms with Gasteiger partial charge in [0.15, 0.2) is 5.82 Å². The van der Waals surface area contributed by atoms with Crippen LogP contribution < -0.4 is 0 Å². The van der Waals surface area contributed by atoms with E-state index in [2.05, 4.69) is 56.3 Å². The Morgan fingerprint density at radius 3 is 2.24 bits per heavy atom. The molecule has 0 aliphatic carbocycles. The Morgan fingerprint density at radius 2 is 1.55 bits per heavy atom. The monoisotopic (exact) mass is 417 g/mol. The van der Waals surface area contributed by atoms with Crippen LogP contribution in [0.1, 0.15) is 11.4 Å². The molecule has 1 N–H and O–H groups in total. The van der Waals surface area contributed by atoms with Gasteiger partial charge in [-0.15, -0.1) is 0 Å². The molecular weight excluding hydrogens is 402 g/mol. The van der Waals surface area contributed by atoms with E-state index in [0.29, 0.717) is 22.2 Å². The lowest BCUT2D eigenvalue weighted by Crippen LogP contribution is -2.06. The van der Waals surface area contributed by atoms with E-state index < -0.39 is 0 Å². The number of aromatic nitrogens is 4. The molecule has 29 heavy (non-hydrogen) atoms. The van der Waals surface area contributed by atoms with Crippen LogP contribution in [0.15, 0.2) is 77.9 Å². The second-order valence-electron chi connectivity index (χ2n) is 6.64. The van der Waals surface area contributed by atoms with Gasteiger partial charge in [0.05, 0.1) is 12.8 Å². The molecule has 0 bridgehead atoms. The molecule has 0 fully saturated rings. The highest BCUT2D eigenvalue weighted by Gasteiger charge is 2.13. The molecular formula is C22H16ClN5S. The summed E-state index contributed by atoms with van der Waals surface area (Å²) in [5, 5.41) is 14.9. The van der Waals surface area contributed by atoms with Crippen molar-refractivity contribution in [1.82, 2.24) is 19.4 Å². The first-order valence-electron chi connectivity index (χ1n) is 9.13. The van der Waals surface area contributed by atoms with Crippen molar-refractivity contribution in [1.29, 1.82) is 0 Å². The minimum absolute atomic E-state index is 0.434. The number of halogens is 1. The minimum Gasteiger partial charge on any atom is -0.333 e. The van der Waals surface area contributed by atoms with E-state index in [1.165, 1.54) is 10.8 Å². The van der Waals surface area contributed by atoms with E-state index in [0.717, 1.165) is 16.6 Å². The summed E-state index contributed by atoms with van der Waals surface area (Å²) in [6.07, 6.45) is 1.70. The van der Waals surface area contributed by atoms with E-state index in [4.69, 9.17) is 23.8 Å². The summed E-state index contributed by atoms with van der Waals surface area (Å²) in [4.78, 5) is 0. The molecule has 3 aromatic carbocycles. The molecule has 5 rings (SSSR count). The van der Waals surface area contributed by atoms with Gasteiger partial charge in [-0.1, -0.05) is 66.2 Å². The van der Waals surface area contributed by atoms with Crippen LogP contribution >= 0.6 is 23.8 Å². The second-order valence-corrected chi connectivity index (χ2v) is 7.44. The smallest absolute Gasteiger partial charge is 0.216 e. The second kappa shape index (κ2) is 7.31. The maximum Gasteiger partial charge on any atom is 0.216 e. The number of hydrogen-bond acceptors (Lipinski definition) is 3. The maximum atomic E-state index is 6.24. The van der Waals surface area contributed by atoms with Crippen LogP contribution in [0.2, 0.25) is 5.02 Å². The number of H-pyrrole nitrogens is 1. The minimum atomic E-state index is 0.434. The summed E-state index contributed by atoms with van der Waals surface area (Å²) < 4.78 is 4.31. The molecule has 2 aromatic heterocycles. The first-order chi connectivity index (χ1) is 14.2. The lowest BCUT2D eigenvalue weighted by Gasteiger charge is -2.07. The quantitative estimate of drug-likeness (QED) is 0.304. The van der Waals surface area contributed by atoms with Gasteiger partial charge in [-0.05, 0) is 30.4 Å². The number of hydrogen-bond donors (Lipinski definition) is 1. The van der Waals surface area contributed by atoms with Crippen molar-refractivity contribution >= 4 is 51.8 Å². The zero-order chi connectivity index (χ0) is 19.8. The fourth-order valence-electron chi connectivity index (χ4n) is 3.56. The number of nitrogens with one attached hydrogen (secondary N) is 1. The van der Waals surface area contributed by atoms with Gasteiger partial charge in [-0.2, -0.15) is 14.9 Å². The lowest BCUT2D eigenvalue weighted by molar-refractivity contribution is 0.716. The highest BCUT2D eigenvalue weighted by molar-refractivity contribution is 7.71. The molecule has 142 valence electrons. The number of rotatable bonds is 4. The topological polar surface area (TPSA) is 50.9 Å². The molecule has 0 amide bonds.